The molecule has 6 nitrogen and oxygen atoms in total. The van der Waals surface area contributed by atoms with Crippen molar-refractivity contribution in [2.24, 2.45) is 5.92 Å². The Bertz CT molecular complexity index is 670. The molecule has 1 fully saturated rings. The lowest BCUT2D eigenvalue weighted by Crippen LogP contribution is -2.43. The Morgan fingerprint density at radius 2 is 2.04 bits per heavy atom. The first-order chi connectivity index (χ1) is 10.8. The maximum absolute atomic E-state index is 12.2. The van der Waals surface area contributed by atoms with Gasteiger partial charge in [-0.05, 0) is 37.0 Å². The fourth-order valence-electron chi connectivity index (χ4n) is 2.42. The Kier molecular flexibility index (Phi) is 5.89. The van der Waals surface area contributed by atoms with Crippen molar-refractivity contribution in [3.8, 4) is 5.75 Å². The highest BCUT2D eigenvalue weighted by Crippen LogP contribution is 2.26. The Hall–Kier alpha value is -1.31. The second-order valence-corrected chi connectivity index (χ2v) is 7.86. The topological polar surface area (TPSA) is 75.7 Å². The Morgan fingerprint density at radius 1 is 1.39 bits per heavy atom. The standard InChI is InChI=1S/C15H21ClN2O4S/c1-11-5-7-18(8-6-11)15(19)10-17-23(20,21)12-3-4-14(22-2)13(16)9-12/h3-4,9,11,17H,5-8,10H2,1-2H3. The van der Waals surface area contributed by atoms with Gasteiger partial charge in [0.25, 0.3) is 0 Å². The number of methoxy groups -OCH3 is 1. The second kappa shape index (κ2) is 7.51. The van der Waals surface area contributed by atoms with Gasteiger partial charge >= 0.3 is 0 Å². The molecule has 1 aromatic rings. The predicted molar refractivity (Wildman–Crippen MR) is 88.2 cm³/mol. The number of piperidine rings is 1. The van der Waals surface area contributed by atoms with E-state index in [0.717, 1.165) is 12.8 Å². The van der Waals surface area contributed by atoms with Gasteiger partial charge < -0.3 is 9.64 Å². The van der Waals surface area contributed by atoms with Gasteiger partial charge in [-0.2, -0.15) is 0 Å². The van der Waals surface area contributed by atoms with Crippen LogP contribution in [0.2, 0.25) is 5.02 Å². The highest BCUT2D eigenvalue weighted by atomic mass is 35.5. The van der Waals surface area contributed by atoms with Gasteiger partial charge in [-0.3, -0.25) is 4.79 Å². The number of amides is 1. The molecule has 1 aromatic carbocycles. The number of benzene rings is 1. The number of carbonyl (C=O) groups is 1. The van der Waals surface area contributed by atoms with Crippen molar-refractivity contribution in [2.45, 2.75) is 24.7 Å². The minimum absolute atomic E-state index is 0.00312. The van der Waals surface area contributed by atoms with Crippen molar-refractivity contribution in [3.05, 3.63) is 23.2 Å². The molecule has 0 spiro atoms. The van der Waals surface area contributed by atoms with Crippen molar-refractivity contribution in [3.63, 3.8) is 0 Å². The van der Waals surface area contributed by atoms with Crippen molar-refractivity contribution >= 4 is 27.5 Å². The molecule has 0 unspecified atom stereocenters. The summed E-state index contributed by atoms with van der Waals surface area (Å²) in [6.45, 7) is 3.25. The fraction of sp³-hybridized carbons (Fsp3) is 0.533. The summed E-state index contributed by atoms with van der Waals surface area (Å²) in [7, 11) is -2.34. The number of nitrogens with zero attached hydrogens (tertiary/aromatic N) is 1. The zero-order chi connectivity index (χ0) is 17.0. The number of rotatable bonds is 5. The molecule has 0 aromatic heterocycles. The highest BCUT2D eigenvalue weighted by Gasteiger charge is 2.22. The van der Waals surface area contributed by atoms with Gasteiger partial charge in [-0.15, -0.1) is 0 Å². The van der Waals surface area contributed by atoms with E-state index >= 15 is 0 Å². The van der Waals surface area contributed by atoms with E-state index in [4.69, 9.17) is 16.3 Å². The first-order valence-electron chi connectivity index (χ1n) is 7.44. The molecule has 0 radical (unpaired) electrons. The molecular weight excluding hydrogens is 340 g/mol. The molecule has 1 amide bonds. The largest absolute Gasteiger partial charge is 0.495 e. The molecular formula is C15H21ClN2O4S. The second-order valence-electron chi connectivity index (χ2n) is 5.68. The first kappa shape index (κ1) is 18.0. The molecule has 23 heavy (non-hydrogen) atoms. The predicted octanol–water partition coefficient (Wildman–Crippen LogP) is 1.89. The van der Waals surface area contributed by atoms with Crippen LogP contribution < -0.4 is 9.46 Å². The summed E-state index contributed by atoms with van der Waals surface area (Å²) in [4.78, 5) is 13.8. The number of carbonyl (C=O) groups excluding carboxylic acids is 1. The molecule has 1 N–H and O–H groups in total. The van der Waals surface area contributed by atoms with Crippen LogP contribution in [-0.2, 0) is 14.8 Å². The summed E-state index contributed by atoms with van der Waals surface area (Å²) in [6, 6.07) is 4.17. The molecule has 8 heteroatoms. The van der Waals surface area contributed by atoms with Crippen LogP contribution in [-0.4, -0.2) is 46.0 Å². The molecule has 1 heterocycles. The number of likely N-dealkylation sites (tertiary alicyclic amines) is 1. The monoisotopic (exact) mass is 360 g/mol. The number of hydrogen-bond acceptors (Lipinski definition) is 4. The molecule has 128 valence electrons. The average Bonchev–Trinajstić information content (AvgIpc) is 2.53. The van der Waals surface area contributed by atoms with Crippen molar-refractivity contribution in [1.82, 2.24) is 9.62 Å². The van der Waals surface area contributed by atoms with Crippen molar-refractivity contribution in [1.29, 1.82) is 0 Å². The van der Waals surface area contributed by atoms with Crippen LogP contribution in [0.1, 0.15) is 19.8 Å². The lowest BCUT2D eigenvalue weighted by Gasteiger charge is -2.30. The maximum Gasteiger partial charge on any atom is 0.241 e. The quantitative estimate of drug-likeness (QED) is 0.870. The summed E-state index contributed by atoms with van der Waals surface area (Å²) in [5.41, 5.74) is 0. The summed E-state index contributed by atoms with van der Waals surface area (Å²) >= 11 is 5.94. The molecule has 0 saturated carbocycles. The maximum atomic E-state index is 12.2. The first-order valence-corrected chi connectivity index (χ1v) is 9.30. The van der Waals surface area contributed by atoms with E-state index in [1.54, 1.807) is 4.90 Å². The molecule has 1 aliphatic rings. The van der Waals surface area contributed by atoms with E-state index in [1.165, 1.54) is 25.3 Å². The summed E-state index contributed by atoms with van der Waals surface area (Å²) in [5, 5.41) is 0.201. The van der Waals surface area contributed by atoms with E-state index in [0.29, 0.717) is 24.8 Å². The van der Waals surface area contributed by atoms with E-state index in [1.807, 2.05) is 0 Å². The minimum Gasteiger partial charge on any atom is -0.495 e. The molecule has 0 bridgehead atoms. The van der Waals surface area contributed by atoms with Crippen LogP contribution in [0.15, 0.2) is 23.1 Å². The lowest BCUT2D eigenvalue weighted by atomic mass is 9.99. The normalized spacial score (nSPS) is 16.4. The van der Waals surface area contributed by atoms with Gasteiger partial charge in [0.05, 0.1) is 23.6 Å². The Balaban J connectivity index is 1.98. The Labute approximate surface area is 141 Å². The van der Waals surface area contributed by atoms with Crippen LogP contribution in [0, 0.1) is 5.92 Å². The molecule has 2 rings (SSSR count). The third kappa shape index (κ3) is 4.59. The number of sulfonamides is 1. The zero-order valence-corrected chi connectivity index (χ0v) is 14.8. The summed E-state index contributed by atoms with van der Waals surface area (Å²) in [6.07, 6.45) is 1.90. The molecule has 0 aliphatic carbocycles. The smallest absolute Gasteiger partial charge is 0.241 e. The van der Waals surface area contributed by atoms with Crippen LogP contribution in [0.5, 0.6) is 5.75 Å². The van der Waals surface area contributed by atoms with E-state index in [9.17, 15) is 13.2 Å². The van der Waals surface area contributed by atoms with Crippen LogP contribution in [0.25, 0.3) is 0 Å². The zero-order valence-electron chi connectivity index (χ0n) is 13.2. The fourth-order valence-corrected chi connectivity index (χ4v) is 3.75. The van der Waals surface area contributed by atoms with E-state index in [-0.39, 0.29) is 22.4 Å². The summed E-state index contributed by atoms with van der Waals surface area (Å²) < 4.78 is 31.8. The van der Waals surface area contributed by atoms with E-state index < -0.39 is 10.0 Å². The third-order valence-electron chi connectivity index (χ3n) is 3.98. The SMILES string of the molecule is COc1ccc(S(=O)(=O)NCC(=O)N2CCC(C)CC2)cc1Cl. The van der Waals surface area contributed by atoms with Gasteiger partial charge in [0.1, 0.15) is 5.75 Å². The van der Waals surface area contributed by atoms with E-state index in [2.05, 4.69) is 11.6 Å². The average molecular weight is 361 g/mol. The van der Waals surface area contributed by atoms with Gasteiger partial charge in [0, 0.05) is 13.1 Å². The number of ether oxygens (including phenoxy) is 1. The van der Waals surface area contributed by atoms with Gasteiger partial charge in [-0.1, -0.05) is 18.5 Å². The van der Waals surface area contributed by atoms with Gasteiger partial charge in [-0.25, -0.2) is 13.1 Å². The third-order valence-corrected chi connectivity index (χ3v) is 5.68. The lowest BCUT2D eigenvalue weighted by molar-refractivity contribution is -0.131. The van der Waals surface area contributed by atoms with Crippen molar-refractivity contribution in [2.75, 3.05) is 26.7 Å². The molecule has 0 atom stereocenters. The van der Waals surface area contributed by atoms with Crippen LogP contribution >= 0.6 is 11.6 Å². The number of hydrogen-bond donors (Lipinski definition) is 1. The van der Waals surface area contributed by atoms with Gasteiger partial charge in [0.2, 0.25) is 15.9 Å². The highest BCUT2D eigenvalue weighted by molar-refractivity contribution is 7.89. The van der Waals surface area contributed by atoms with Crippen molar-refractivity contribution < 1.29 is 17.9 Å². The number of halogens is 1. The van der Waals surface area contributed by atoms with Crippen LogP contribution in [0.3, 0.4) is 0 Å². The van der Waals surface area contributed by atoms with Crippen LogP contribution in [0.4, 0.5) is 0 Å². The summed E-state index contributed by atoms with van der Waals surface area (Å²) in [5.74, 6) is 0.793. The minimum atomic E-state index is -3.79. The number of nitrogens with one attached hydrogen (secondary N) is 1. The molecule has 1 aliphatic heterocycles. The molecule has 1 saturated heterocycles. The Morgan fingerprint density at radius 3 is 2.61 bits per heavy atom. The van der Waals surface area contributed by atoms with Gasteiger partial charge in [0.15, 0.2) is 0 Å².